The van der Waals surface area contributed by atoms with E-state index in [0.29, 0.717) is 5.92 Å². The average molecular weight is 336 g/mol. The summed E-state index contributed by atoms with van der Waals surface area (Å²) in [5.74, 6) is -0.188. The van der Waals surface area contributed by atoms with E-state index in [1.54, 1.807) is 0 Å². The number of rotatable bonds is 5. The number of carbonyl (C=O) groups is 2. The molecule has 0 radical (unpaired) electrons. The summed E-state index contributed by atoms with van der Waals surface area (Å²) in [4.78, 5) is 25.0. The number of benzene rings is 2. The molecule has 4 heteroatoms. The highest BCUT2D eigenvalue weighted by atomic mass is 16.2. The van der Waals surface area contributed by atoms with Gasteiger partial charge in [0.05, 0.1) is 12.0 Å². The van der Waals surface area contributed by atoms with Gasteiger partial charge in [0.15, 0.2) is 0 Å². The topological polar surface area (TPSA) is 58.2 Å². The van der Waals surface area contributed by atoms with Crippen molar-refractivity contribution >= 4 is 17.5 Å². The Morgan fingerprint density at radius 2 is 1.80 bits per heavy atom. The summed E-state index contributed by atoms with van der Waals surface area (Å²) >= 11 is 0. The van der Waals surface area contributed by atoms with Gasteiger partial charge in [-0.25, -0.2) is 0 Å². The molecule has 2 aromatic rings. The Bertz CT molecular complexity index is 756. The van der Waals surface area contributed by atoms with Crippen LogP contribution in [0.3, 0.4) is 0 Å². The number of para-hydroxylation sites is 1. The molecule has 0 fully saturated rings. The SMILES string of the molecule is CC(C)CC(NC(=O)C1CC(=O)Nc2ccccc21)c1ccccc1. The quantitative estimate of drug-likeness (QED) is 0.866. The van der Waals surface area contributed by atoms with Crippen molar-refractivity contribution in [2.45, 2.75) is 38.6 Å². The van der Waals surface area contributed by atoms with E-state index in [-0.39, 0.29) is 24.3 Å². The van der Waals surface area contributed by atoms with E-state index in [1.807, 2.05) is 54.6 Å². The Morgan fingerprint density at radius 3 is 2.52 bits per heavy atom. The molecular formula is C21H24N2O2. The molecule has 25 heavy (non-hydrogen) atoms. The zero-order chi connectivity index (χ0) is 17.8. The largest absolute Gasteiger partial charge is 0.349 e. The lowest BCUT2D eigenvalue weighted by Gasteiger charge is -2.28. The number of hydrogen-bond donors (Lipinski definition) is 2. The van der Waals surface area contributed by atoms with Crippen molar-refractivity contribution in [1.29, 1.82) is 0 Å². The second-order valence-corrected chi connectivity index (χ2v) is 6.99. The fourth-order valence-electron chi connectivity index (χ4n) is 3.35. The lowest BCUT2D eigenvalue weighted by molar-refractivity contribution is -0.127. The fraction of sp³-hybridized carbons (Fsp3) is 0.333. The zero-order valence-corrected chi connectivity index (χ0v) is 14.7. The minimum atomic E-state index is -0.441. The van der Waals surface area contributed by atoms with Gasteiger partial charge in [-0.1, -0.05) is 62.4 Å². The van der Waals surface area contributed by atoms with Gasteiger partial charge in [-0.3, -0.25) is 9.59 Å². The summed E-state index contributed by atoms with van der Waals surface area (Å²) < 4.78 is 0. The Kier molecular flexibility index (Phi) is 5.17. The van der Waals surface area contributed by atoms with Crippen molar-refractivity contribution in [2.75, 3.05) is 5.32 Å². The van der Waals surface area contributed by atoms with Gasteiger partial charge in [0.25, 0.3) is 0 Å². The molecule has 4 nitrogen and oxygen atoms in total. The van der Waals surface area contributed by atoms with Gasteiger partial charge >= 0.3 is 0 Å². The van der Waals surface area contributed by atoms with Crippen LogP contribution in [0.1, 0.15) is 49.8 Å². The van der Waals surface area contributed by atoms with E-state index in [2.05, 4.69) is 24.5 Å². The second-order valence-electron chi connectivity index (χ2n) is 6.99. The number of carbonyl (C=O) groups excluding carboxylic acids is 2. The van der Waals surface area contributed by atoms with Crippen LogP contribution in [0.2, 0.25) is 0 Å². The molecule has 0 bridgehead atoms. The molecule has 0 saturated heterocycles. The molecule has 0 aliphatic carbocycles. The molecule has 2 unspecified atom stereocenters. The molecule has 3 rings (SSSR count). The fourth-order valence-corrected chi connectivity index (χ4v) is 3.35. The first kappa shape index (κ1) is 17.2. The van der Waals surface area contributed by atoms with E-state index >= 15 is 0 Å². The molecule has 1 heterocycles. The van der Waals surface area contributed by atoms with E-state index in [4.69, 9.17) is 0 Å². The van der Waals surface area contributed by atoms with Crippen molar-refractivity contribution in [3.05, 3.63) is 65.7 Å². The first-order valence-electron chi connectivity index (χ1n) is 8.78. The van der Waals surface area contributed by atoms with Crippen LogP contribution in [0, 0.1) is 5.92 Å². The third-order valence-electron chi connectivity index (χ3n) is 4.54. The van der Waals surface area contributed by atoms with Crippen LogP contribution >= 0.6 is 0 Å². The van der Waals surface area contributed by atoms with Gasteiger partial charge in [-0.15, -0.1) is 0 Å². The number of amides is 2. The molecule has 130 valence electrons. The lowest BCUT2D eigenvalue weighted by Crippen LogP contribution is -2.37. The van der Waals surface area contributed by atoms with Crippen LogP contribution in [0.4, 0.5) is 5.69 Å². The molecule has 1 aliphatic heterocycles. The van der Waals surface area contributed by atoms with Gasteiger partial charge in [0.1, 0.15) is 0 Å². The third-order valence-corrected chi connectivity index (χ3v) is 4.54. The highest BCUT2D eigenvalue weighted by Crippen LogP contribution is 2.33. The molecule has 0 saturated carbocycles. The van der Waals surface area contributed by atoms with Crippen molar-refractivity contribution < 1.29 is 9.59 Å². The van der Waals surface area contributed by atoms with Crippen LogP contribution in [-0.2, 0) is 9.59 Å². The highest BCUT2D eigenvalue weighted by Gasteiger charge is 2.31. The predicted molar refractivity (Wildman–Crippen MR) is 99.2 cm³/mol. The Morgan fingerprint density at radius 1 is 1.12 bits per heavy atom. The maximum atomic E-state index is 13.0. The summed E-state index contributed by atoms with van der Waals surface area (Å²) in [6.07, 6.45) is 1.04. The molecule has 1 aliphatic rings. The molecule has 2 amide bonds. The van der Waals surface area contributed by atoms with Gasteiger partial charge in [-0.2, -0.15) is 0 Å². The second kappa shape index (κ2) is 7.51. The molecule has 2 N–H and O–H groups in total. The van der Waals surface area contributed by atoms with E-state index in [0.717, 1.165) is 23.2 Å². The highest BCUT2D eigenvalue weighted by molar-refractivity contribution is 6.01. The number of nitrogens with one attached hydrogen (secondary N) is 2. The summed E-state index contributed by atoms with van der Waals surface area (Å²) in [5.41, 5.74) is 2.72. The van der Waals surface area contributed by atoms with Crippen LogP contribution in [-0.4, -0.2) is 11.8 Å². The standard InChI is InChI=1S/C21H24N2O2/c1-14(2)12-19(15-8-4-3-5-9-15)23-21(25)17-13-20(24)22-18-11-7-6-10-16(17)18/h3-11,14,17,19H,12-13H2,1-2H3,(H,22,24)(H,23,25). The molecule has 0 spiro atoms. The van der Waals surface area contributed by atoms with Gasteiger partial charge < -0.3 is 10.6 Å². The molecular weight excluding hydrogens is 312 g/mol. The summed E-state index contributed by atoms with van der Waals surface area (Å²) in [7, 11) is 0. The summed E-state index contributed by atoms with van der Waals surface area (Å²) in [5, 5.41) is 6.02. The number of anilines is 1. The smallest absolute Gasteiger partial charge is 0.228 e. The summed E-state index contributed by atoms with van der Waals surface area (Å²) in [6, 6.07) is 17.5. The van der Waals surface area contributed by atoms with E-state index < -0.39 is 5.92 Å². The van der Waals surface area contributed by atoms with Gasteiger partial charge in [0.2, 0.25) is 11.8 Å². The van der Waals surface area contributed by atoms with E-state index in [1.165, 1.54) is 0 Å². The number of fused-ring (bicyclic) bond motifs is 1. The molecule has 2 atom stereocenters. The number of hydrogen-bond acceptors (Lipinski definition) is 2. The minimum absolute atomic E-state index is 0.0501. The molecule has 2 aromatic carbocycles. The van der Waals surface area contributed by atoms with Crippen LogP contribution in [0.15, 0.2) is 54.6 Å². The minimum Gasteiger partial charge on any atom is -0.349 e. The maximum absolute atomic E-state index is 13.0. The van der Waals surface area contributed by atoms with Crippen LogP contribution < -0.4 is 10.6 Å². The van der Waals surface area contributed by atoms with Gasteiger partial charge in [0, 0.05) is 12.1 Å². The van der Waals surface area contributed by atoms with Crippen molar-refractivity contribution in [3.63, 3.8) is 0 Å². The van der Waals surface area contributed by atoms with Crippen molar-refractivity contribution in [3.8, 4) is 0 Å². The van der Waals surface area contributed by atoms with Crippen molar-refractivity contribution in [1.82, 2.24) is 5.32 Å². The Balaban J connectivity index is 1.83. The Labute approximate surface area is 148 Å². The van der Waals surface area contributed by atoms with Crippen LogP contribution in [0.5, 0.6) is 0 Å². The van der Waals surface area contributed by atoms with Gasteiger partial charge in [-0.05, 0) is 29.5 Å². The first-order valence-corrected chi connectivity index (χ1v) is 8.78. The zero-order valence-electron chi connectivity index (χ0n) is 14.7. The monoisotopic (exact) mass is 336 g/mol. The molecule has 0 aromatic heterocycles. The summed E-state index contributed by atoms with van der Waals surface area (Å²) in [6.45, 7) is 4.29. The van der Waals surface area contributed by atoms with Crippen molar-refractivity contribution in [2.24, 2.45) is 5.92 Å². The van der Waals surface area contributed by atoms with Crippen LogP contribution in [0.25, 0.3) is 0 Å². The first-order chi connectivity index (χ1) is 12.0. The average Bonchev–Trinajstić information content (AvgIpc) is 2.60. The normalized spacial score (nSPS) is 17.6. The third kappa shape index (κ3) is 4.08. The Hall–Kier alpha value is -2.62. The predicted octanol–water partition coefficient (Wildman–Crippen LogP) is 4.02. The lowest BCUT2D eigenvalue weighted by atomic mass is 9.88. The maximum Gasteiger partial charge on any atom is 0.228 e. The van der Waals surface area contributed by atoms with E-state index in [9.17, 15) is 9.59 Å².